The molecule has 1 aromatic carbocycles. The summed E-state index contributed by atoms with van der Waals surface area (Å²) in [5.41, 5.74) is 2.74. The fourth-order valence-corrected chi connectivity index (χ4v) is 4.21. The van der Waals surface area contributed by atoms with Crippen LogP contribution in [0.4, 0.5) is 5.69 Å². The summed E-state index contributed by atoms with van der Waals surface area (Å²) in [6, 6.07) is 10.7. The van der Waals surface area contributed by atoms with Gasteiger partial charge in [-0.2, -0.15) is 0 Å². The first-order valence-corrected chi connectivity index (χ1v) is 11.3. The Kier molecular flexibility index (Phi) is 7.53. The third-order valence-electron chi connectivity index (χ3n) is 4.21. The fraction of sp³-hybridized carbons (Fsp3) is 0.238. The number of rotatable bonds is 8. The topological polar surface area (TPSA) is 94.3 Å². The molecule has 156 valence electrons. The lowest BCUT2D eigenvalue weighted by atomic mass is 10.2. The van der Waals surface area contributed by atoms with E-state index in [-0.39, 0.29) is 6.61 Å². The molecule has 3 aromatic rings. The zero-order valence-corrected chi connectivity index (χ0v) is 18.4. The molecule has 1 N–H and O–H groups in total. The van der Waals surface area contributed by atoms with Gasteiger partial charge in [0.05, 0.1) is 11.3 Å². The number of nitrogens with one attached hydrogen (secondary N) is 1. The Morgan fingerprint density at radius 1 is 1.20 bits per heavy atom. The summed E-state index contributed by atoms with van der Waals surface area (Å²) in [4.78, 5) is 30.0. The number of esters is 1. The van der Waals surface area contributed by atoms with Crippen LogP contribution in [0.5, 0.6) is 0 Å². The highest BCUT2D eigenvalue weighted by atomic mass is 32.2. The molecule has 0 fully saturated rings. The zero-order valence-electron chi connectivity index (χ0n) is 16.8. The molecule has 9 heteroatoms. The first-order chi connectivity index (χ1) is 14.5. The van der Waals surface area contributed by atoms with Gasteiger partial charge in [0.25, 0.3) is 5.91 Å². The van der Waals surface area contributed by atoms with Crippen molar-refractivity contribution >= 4 is 41.1 Å². The quantitative estimate of drug-likeness (QED) is 0.402. The SMILES string of the molecule is CSc1cccc(NC(=O)COC(=O)c2cccnc2SCc2c(C)noc2C)c1. The normalized spacial score (nSPS) is 10.6. The van der Waals surface area contributed by atoms with Crippen LogP contribution in [0.3, 0.4) is 0 Å². The van der Waals surface area contributed by atoms with Crippen LogP contribution in [-0.4, -0.2) is 34.9 Å². The van der Waals surface area contributed by atoms with Gasteiger partial charge in [-0.3, -0.25) is 4.79 Å². The van der Waals surface area contributed by atoms with Gasteiger partial charge < -0.3 is 14.6 Å². The number of hydrogen-bond donors (Lipinski definition) is 1. The molecule has 7 nitrogen and oxygen atoms in total. The van der Waals surface area contributed by atoms with Gasteiger partial charge in [0.1, 0.15) is 10.8 Å². The number of hydrogen-bond acceptors (Lipinski definition) is 8. The molecule has 0 saturated carbocycles. The van der Waals surface area contributed by atoms with Crippen LogP contribution in [-0.2, 0) is 15.3 Å². The Hall–Kier alpha value is -2.78. The van der Waals surface area contributed by atoms with Crippen molar-refractivity contribution in [2.24, 2.45) is 0 Å². The molecule has 0 atom stereocenters. The number of benzene rings is 1. The summed E-state index contributed by atoms with van der Waals surface area (Å²) in [6.45, 7) is 3.33. The number of nitrogens with zero attached hydrogens (tertiary/aromatic N) is 2. The largest absolute Gasteiger partial charge is 0.452 e. The average molecular weight is 444 g/mol. The Balaban J connectivity index is 1.59. The van der Waals surface area contributed by atoms with Gasteiger partial charge >= 0.3 is 5.97 Å². The molecule has 3 rings (SSSR count). The molecule has 0 aliphatic carbocycles. The van der Waals surface area contributed by atoms with Gasteiger partial charge in [-0.1, -0.05) is 11.2 Å². The van der Waals surface area contributed by atoms with Crippen molar-refractivity contribution in [1.82, 2.24) is 10.1 Å². The monoisotopic (exact) mass is 443 g/mol. The summed E-state index contributed by atoms with van der Waals surface area (Å²) in [6.07, 6.45) is 3.57. The maximum atomic E-state index is 12.5. The summed E-state index contributed by atoms with van der Waals surface area (Å²) in [5, 5.41) is 7.18. The van der Waals surface area contributed by atoms with Crippen LogP contribution in [0.25, 0.3) is 0 Å². The van der Waals surface area contributed by atoms with Crippen LogP contribution >= 0.6 is 23.5 Å². The Bertz CT molecular complexity index is 1030. The fourth-order valence-electron chi connectivity index (χ4n) is 2.62. The van der Waals surface area contributed by atoms with E-state index in [1.165, 1.54) is 11.8 Å². The van der Waals surface area contributed by atoms with Crippen molar-refractivity contribution < 1.29 is 18.8 Å². The van der Waals surface area contributed by atoms with E-state index in [2.05, 4.69) is 15.5 Å². The highest BCUT2D eigenvalue weighted by molar-refractivity contribution is 7.98. The van der Waals surface area contributed by atoms with Crippen molar-refractivity contribution in [3.8, 4) is 0 Å². The minimum atomic E-state index is -0.600. The molecule has 0 spiro atoms. The van der Waals surface area contributed by atoms with Crippen molar-refractivity contribution in [3.05, 3.63) is 65.2 Å². The number of thioether (sulfide) groups is 2. The van der Waals surface area contributed by atoms with Gasteiger partial charge in [-0.05, 0) is 50.4 Å². The maximum absolute atomic E-state index is 12.5. The first-order valence-electron chi connectivity index (χ1n) is 9.08. The Labute approximate surface area is 183 Å². The van der Waals surface area contributed by atoms with Crippen LogP contribution in [0.15, 0.2) is 57.0 Å². The summed E-state index contributed by atoms with van der Waals surface area (Å²) < 4.78 is 10.4. The van der Waals surface area contributed by atoms with E-state index in [9.17, 15) is 9.59 Å². The minimum absolute atomic E-state index is 0.312. The van der Waals surface area contributed by atoms with E-state index in [0.29, 0.717) is 22.0 Å². The summed E-state index contributed by atoms with van der Waals surface area (Å²) >= 11 is 2.96. The summed E-state index contributed by atoms with van der Waals surface area (Å²) in [7, 11) is 0. The van der Waals surface area contributed by atoms with E-state index in [4.69, 9.17) is 9.26 Å². The van der Waals surface area contributed by atoms with E-state index >= 15 is 0 Å². The van der Waals surface area contributed by atoms with Crippen LogP contribution in [0, 0.1) is 13.8 Å². The molecule has 0 aliphatic heterocycles. The minimum Gasteiger partial charge on any atom is -0.452 e. The standard InChI is InChI=1S/C21H21N3O4S2/c1-13-18(14(2)28-24-13)12-30-20-17(8-5-9-22-20)21(26)27-11-19(25)23-15-6-4-7-16(10-15)29-3/h4-10H,11-12H2,1-3H3,(H,23,25). The zero-order chi connectivity index (χ0) is 21.5. The molecule has 0 unspecified atom stereocenters. The third-order valence-corrected chi connectivity index (χ3v) is 5.97. The maximum Gasteiger partial charge on any atom is 0.341 e. The molecule has 0 saturated heterocycles. The van der Waals surface area contributed by atoms with Gasteiger partial charge in [0, 0.05) is 28.1 Å². The second kappa shape index (κ2) is 10.3. The predicted octanol–water partition coefficient (Wildman–Crippen LogP) is 4.50. The molecule has 2 heterocycles. The average Bonchev–Trinajstić information content (AvgIpc) is 3.08. The number of carbonyl (C=O) groups excluding carboxylic acids is 2. The van der Waals surface area contributed by atoms with Crippen LogP contribution < -0.4 is 5.32 Å². The molecular weight excluding hydrogens is 422 g/mol. The summed E-state index contributed by atoms with van der Waals surface area (Å²) in [5.74, 6) is 0.292. The smallest absolute Gasteiger partial charge is 0.341 e. The Morgan fingerprint density at radius 2 is 2.03 bits per heavy atom. The van der Waals surface area contributed by atoms with Gasteiger partial charge in [0.2, 0.25) is 0 Å². The lowest BCUT2D eigenvalue weighted by Crippen LogP contribution is -2.21. The van der Waals surface area contributed by atoms with E-state index < -0.39 is 11.9 Å². The van der Waals surface area contributed by atoms with Crippen molar-refractivity contribution in [3.63, 3.8) is 0 Å². The number of aromatic nitrogens is 2. The Morgan fingerprint density at radius 3 is 2.77 bits per heavy atom. The molecule has 2 aromatic heterocycles. The molecule has 0 bridgehead atoms. The number of aryl methyl sites for hydroxylation is 2. The number of anilines is 1. The third kappa shape index (κ3) is 5.64. The molecule has 0 radical (unpaired) electrons. The van der Waals surface area contributed by atoms with Gasteiger partial charge in [0.15, 0.2) is 6.61 Å². The lowest BCUT2D eigenvalue weighted by Gasteiger charge is -2.09. The first kappa shape index (κ1) is 21.9. The number of pyridine rings is 1. The van der Waals surface area contributed by atoms with E-state index in [0.717, 1.165) is 21.9 Å². The number of carbonyl (C=O) groups is 2. The second-order valence-electron chi connectivity index (χ2n) is 6.30. The second-order valence-corrected chi connectivity index (χ2v) is 8.15. The molecule has 0 aliphatic rings. The van der Waals surface area contributed by atoms with Gasteiger partial charge in [-0.15, -0.1) is 23.5 Å². The number of amides is 1. The van der Waals surface area contributed by atoms with E-state index in [1.807, 2.05) is 38.3 Å². The van der Waals surface area contributed by atoms with Gasteiger partial charge in [-0.25, -0.2) is 9.78 Å². The molecule has 30 heavy (non-hydrogen) atoms. The highest BCUT2D eigenvalue weighted by Crippen LogP contribution is 2.27. The molecule has 1 amide bonds. The molecular formula is C21H21N3O4S2. The van der Waals surface area contributed by atoms with E-state index in [1.54, 1.807) is 36.2 Å². The predicted molar refractivity (Wildman–Crippen MR) is 117 cm³/mol. The van der Waals surface area contributed by atoms with Crippen molar-refractivity contribution in [1.29, 1.82) is 0 Å². The highest BCUT2D eigenvalue weighted by Gasteiger charge is 2.17. The van der Waals surface area contributed by atoms with Crippen molar-refractivity contribution in [2.75, 3.05) is 18.2 Å². The lowest BCUT2D eigenvalue weighted by molar-refractivity contribution is -0.119. The number of ether oxygens (including phenoxy) is 1. The van der Waals surface area contributed by atoms with Crippen LogP contribution in [0.2, 0.25) is 0 Å². The van der Waals surface area contributed by atoms with Crippen LogP contribution in [0.1, 0.15) is 27.4 Å². The van der Waals surface area contributed by atoms with Crippen molar-refractivity contribution in [2.45, 2.75) is 29.5 Å².